The highest BCUT2D eigenvalue weighted by Crippen LogP contribution is 2.23. The summed E-state index contributed by atoms with van der Waals surface area (Å²) in [4.78, 5) is 11.9. The maximum Gasteiger partial charge on any atom is 0.200 e. The minimum absolute atomic E-state index is 0.0877. The predicted octanol–water partition coefficient (Wildman–Crippen LogP) is 3.47. The number of rotatable bonds is 4. The number of ketones is 1. The highest BCUT2D eigenvalue weighted by atomic mass is 35.5. The van der Waals surface area contributed by atoms with Crippen molar-refractivity contribution >= 4 is 17.4 Å². The Labute approximate surface area is 116 Å². The van der Waals surface area contributed by atoms with Gasteiger partial charge in [0.15, 0.2) is 12.4 Å². The van der Waals surface area contributed by atoms with Crippen LogP contribution in [0.4, 0.5) is 0 Å². The number of para-hydroxylation sites is 1. The summed E-state index contributed by atoms with van der Waals surface area (Å²) in [7, 11) is 0. The monoisotopic (exact) mass is 271 g/mol. The summed E-state index contributed by atoms with van der Waals surface area (Å²) in [5.74, 6) is 0.315. The number of nitrogens with zero attached hydrogens (tertiary/aromatic N) is 1. The number of halogens is 1. The smallest absolute Gasteiger partial charge is 0.200 e. The number of hydrogen-bond acceptors (Lipinski definition) is 3. The minimum atomic E-state index is -0.163. The van der Waals surface area contributed by atoms with Crippen LogP contribution in [0.2, 0.25) is 5.02 Å². The van der Waals surface area contributed by atoms with Crippen molar-refractivity contribution < 1.29 is 9.53 Å². The van der Waals surface area contributed by atoms with E-state index in [1.165, 1.54) is 0 Å². The summed E-state index contributed by atoms with van der Waals surface area (Å²) >= 11 is 5.92. The molecule has 0 heterocycles. The minimum Gasteiger partial charge on any atom is -0.484 e. The van der Waals surface area contributed by atoms with Gasteiger partial charge in [0.1, 0.15) is 5.75 Å². The SMILES string of the molecule is N#Cc1ccc(C(=O)COc2ccccc2Cl)cc1. The molecule has 0 saturated heterocycles. The van der Waals surface area contributed by atoms with Gasteiger partial charge < -0.3 is 4.74 Å². The first-order chi connectivity index (χ1) is 9.20. The van der Waals surface area contributed by atoms with Crippen LogP contribution < -0.4 is 4.74 Å². The van der Waals surface area contributed by atoms with Crippen LogP contribution >= 0.6 is 11.6 Å². The third kappa shape index (κ3) is 3.34. The molecular formula is C15H10ClNO2. The molecule has 2 aromatic rings. The van der Waals surface area contributed by atoms with Crippen LogP contribution in [0.25, 0.3) is 0 Å². The van der Waals surface area contributed by atoms with E-state index in [-0.39, 0.29) is 12.4 Å². The highest BCUT2D eigenvalue weighted by molar-refractivity contribution is 6.32. The van der Waals surface area contributed by atoms with Gasteiger partial charge in [-0.2, -0.15) is 5.26 Å². The number of benzene rings is 2. The standard InChI is InChI=1S/C15H10ClNO2/c16-13-3-1-2-4-15(13)19-10-14(18)12-7-5-11(9-17)6-8-12/h1-8H,10H2. The Balaban J connectivity index is 2.02. The van der Waals surface area contributed by atoms with E-state index in [1.54, 1.807) is 48.5 Å². The third-order valence-corrected chi connectivity index (χ3v) is 2.84. The van der Waals surface area contributed by atoms with Crippen molar-refractivity contribution in [3.05, 3.63) is 64.7 Å². The first-order valence-electron chi connectivity index (χ1n) is 5.61. The molecule has 19 heavy (non-hydrogen) atoms. The van der Waals surface area contributed by atoms with Gasteiger partial charge in [0, 0.05) is 5.56 Å². The Morgan fingerprint density at radius 3 is 2.47 bits per heavy atom. The third-order valence-electron chi connectivity index (χ3n) is 2.53. The van der Waals surface area contributed by atoms with Crippen LogP contribution in [0.15, 0.2) is 48.5 Å². The molecule has 3 nitrogen and oxygen atoms in total. The molecule has 0 N–H and O–H groups in total. The van der Waals surface area contributed by atoms with Crippen molar-refractivity contribution in [3.8, 4) is 11.8 Å². The van der Waals surface area contributed by atoms with E-state index in [4.69, 9.17) is 21.6 Å². The topological polar surface area (TPSA) is 50.1 Å². The van der Waals surface area contributed by atoms with Crippen LogP contribution in [-0.4, -0.2) is 12.4 Å². The van der Waals surface area contributed by atoms with Gasteiger partial charge in [-0.3, -0.25) is 4.79 Å². The quantitative estimate of drug-likeness (QED) is 0.800. The lowest BCUT2D eigenvalue weighted by Gasteiger charge is -2.07. The number of hydrogen-bond donors (Lipinski definition) is 0. The molecule has 0 bridgehead atoms. The zero-order valence-electron chi connectivity index (χ0n) is 9.97. The first kappa shape index (κ1) is 13.1. The number of carbonyl (C=O) groups is 1. The lowest BCUT2D eigenvalue weighted by atomic mass is 10.1. The van der Waals surface area contributed by atoms with E-state index < -0.39 is 0 Å². The van der Waals surface area contributed by atoms with Gasteiger partial charge in [-0.1, -0.05) is 23.7 Å². The average Bonchev–Trinajstić information content (AvgIpc) is 2.46. The van der Waals surface area contributed by atoms with E-state index >= 15 is 0 Å². The van der Waals surface area contributed by atoms with Gasteiger partial charge in [0.25, 0.3) is 0 Å². The van der Waals surface area contributed by atoms with Crippen LogP contribution in [0.5, 0.6) is 5.75 Å². The van der Waals surface area contributed by atoms with Gasteiger partial charge in [-0.25, -0.2) is 0 Å². The predicted molar refractivity (Wildman–Crippen MR) is 72.4 cm³/mol. The molecular weight excluding hydrogens is 262 g/mol. The van der Waals surface area contributed by atoms with E-state index in [2.05, 4.69) is 0 Å². The summed E-state index contributed by atoms with van der Waals surface area (Å²) in [5, 5.41) is 9.14. The number of Topliss-reactive ketones (excluding diaryl/α,β-unsaturated/α-hetero) is 1. The molecule has 2 aromatic carbocycles. The molecule has 0 aliphatic carbocycles. The summed E-state index contributed by atoms with van der Waals surface area (Å²) in [6.07, 6.45) is 0. The van der Waals surface area contributed by atoms with E-state index in [0.717, 1.165) is 0 Å². The summed E-state index contributed by atoms with van der Waals surface area (Å²) in [6.45, 7) is -0.0877. The molecule has 0 aromatic heterocycles. The maximum absolute atomic E-state index is 11.9. The van der Waals surface area contributed by atoms with Crippen molar-refractivity contribution in [1.82, 2.24) is 0 Å². The molecule has 0 atom stereocenters. The molecule has 4 heteroatoms. The Kier molecular flexibility index (Phi) is 4.17. The normalized spacial score (nSPS) is 9.68. The molecule has 94 valence electrons. The average molecular weight is 272 g/mol. The number of ether oxygens (including phenoxy) is 1. The fourth-order valence-corrected chi connectivity index (χ4v) is 1.71. The molecule has 0 aliphatic rings. The maximum atomic E-state index is 11.9. The molecule has 2 rings (SSSR count). The van der Waals surface area contributed by atoms with Gasteiger partial charge in [-0.05, 0) is 36.4 Å². The lowest BCUT2D eigenvalue weighted by molar-refractivity contribution is 0.0921. The van der Waals surface area contributed by atoms with Crippen LogP contribution in [-0.2, 0) is 0 Å². The fourth-order valence-electron chi connectivity index (χ4n) is 1.52. The fraction of sp³-hybridized carbons (Fsp3) is 0.0667. The first-order valence-corrected chi connectivity index (χ1v) is 5.99. The van der Waals surface area contributed by atoms with Crippen molar-refractivity contribution in [1.29, 1.82) is 5.26 Å². The molecule has 0 saturated carbocycles. The van der Waals surface area contributed by atoms with E-state index in [1.807, 2.05) is 6.07 Å². The Bertz CT molecular complexity index is 629. The van der Waals surface area contributed by atoms with E-state index in [9.17, 15) is 4.79 Å². The largest absolute Gasteiger partial charge is 0.484 e. The van der Waals surface area contributed by atoms with Crippen molar-refractivity contribution in [2.75, 3.05) is 6.61 Å². The van der Waals surface area contributed by atoms with Gasteiger partial charge in [0.05, 0.1) is 16.7 Å². The molecule has 0 amide bonds. The zero-order chi connectivity index (χ0) is 13.7. The van der Waals surface area contributed by atoms with Crippen molar-refractivity contribution in [3.63, 3.8) is 0 Å². The lowest BCUT2D eigenvalue weighted by Crippen LogP contribution is -2.11. The molecule has 0 fully saturated rings. The summed E-state index contributed by atoms with van der Waals surface area (Å²) in [6, 6.07) is 15.4. The van der Waals surface area contributed by atoms with Crippen LogP contribution in [0.3, 0.4) is 0 Å². The molecule has 0 radical (unpaired) electrons. The van der Waals surface area contributed by atoms with Crippen LogP contribution in [0, 0.1) is 11.3 Å². The molecule has 0 spiro atoms. The van der Waals surface area contributed by atoms with Crippen molar-refractivity contribution in [2.24, 2.45) is 0 Å². The van der Waals surface area contributed by atoms with Crippen LogP contribution in [0.1, 0.15) is 15.9 Å². The van der Waals surface area contributed by atoms with Gasteiger partial charge >= 0.3 is 0 Å². The summed E-state index contributed by atoms with van der Waals surface area (Å²) in [5.41, 5.74) is 1.02. The van der Waals surface area contributed by atoms with E-state index in [0.29, 0.717) is 21.9 Å². The van der Waals surface area contributed by atoms with Crippen molar-refractivity contribution in [2.45, 2.75) is 0 Å². The Hall–Kier alpha value is -2.31. The zero-order valence-corrected chi connectivity index (χ0v) is 10.7. The van der Waals surface area contributed by atoms with Gasteiger partial charge in [0.2, 0.25) is 0 Å². The summed E-state index contributed by atoms with van der Waals surface area (Å²) < 4.78 is 5.36. The molecule has 0 aliphatic heterocycles. The Morgan fingerprint density at radius 1 is 1.16 bits per heavy atom. The molecule has 0 unspecified atom stereocenters. The highest BCUT2D eigenvalue weighted by Gasteiger charge is 2.08. The van der Waals surface area contributed by atoms with Gasteiger partial charge in [-0.15, -0.1) is 0 Å². The second kappa shape index (κ2) is 6.03. The number of carbonyl (C=O) groups excluding carboxylic acids is 1. The Morgan fingerprint density at radius 2 is 1.84 bits per heavy atom. The second-order valence-corrected chi connectivity index (χ2v) is 4.24. The second-order valence-electron chi connectivity index (χ2n) is 3.83. The number of nitriles is 1.